The Bertz CT molecular complexity index is 719. The summed E-state index contributed by atoms with van der Waals surface area (Å²) in [5, 5.41) is 9.08. The molecule has 160 valence electrons. The minimum absolute atomic E-state index is 0.345. The van der Waals surface area contributed by atoms with Crippen LogP contribution in [0.5, 0.6) is 0 Å². The predicted octanol–water partition coefficient (Wildman–Crippen LogP) is 6.01. The topological polar surface area (TPSA) is 46.1 Å². The van der Waals surface area contributed by atoms with E-state index in [9.17, 15) is 4.79 Å². The molecule has 0 spiro atoms. The predicted molar refractivity (Wildman–Crippen MR) is 118 cm³/mol. The second kappa shape index (κ2) is 13.2. The molecule has 29 heavy (non-hydrogen) atoms. The standard InChI is InChI=1S/C25H38N2O2/c1-3-5-6-7-8-9-10-11-12-13-24-26(18-4-2)19-20-27(24)21-22-14-16-23(17-15-22)25(28)29/h14-17,19-20H,3-13,18,21H2,1-2H3/p+1. The highest BCUT2D eigenvalue weighted by atomic mass is 16.4. The van der Waals surface area contributed by atoms with Gasteiger partial charge >= 0.3 is 5.97 Å². The zero-order chi connectivity index (χ0) is 20.9. The molecular weight excluding hydrogens is 360 g/mol. The van der Waals surface area contributed by atoms with Crippen molar-refractivity contribution in [1.29, 1.82) is 0 Å². The van der Waals surface area contributed by atoms with E-state index in [4.69, 9.17) is 5.11 Å². The van der Waals surface area contributed by atoms with Crippen LogP contribution in [0.25, 0.3) is 0 Å². The lowest BCUT2D eigenvalue weighted by atomic mass is 10.1. The molecule has 0 amide bonds. The molecule has 0 saturated carbocycles. The fourth-order valence-corrected chi connectivity index (χ4v) is 3.92. The normalized spacial score (nSPS) is 11.1. The molecule has 0 radical (unpaired) electrons. The minimum Gasteiger partial charge on any atom is -0.478 e. The van der Waals surface area contributed by atoms with Crippen molar-refractivity contribution in [3.63, 3.8) is 0 Å². The number of carboxylic acids is 1. The highest BCUT2D eigenvalue weighted by Crippen LogP contribution is 2.12. The van der Waals surface area contributed by atoms with Crippen LogP contribution in [0, 0.1) is 0 Å². The molecule has 1 N–H and O–H groups in total. The SMILES string of the molecule is CCCCCCCCCCCc1n(CCC)cc[n+]1Cc1ccc(C(=O)O)cc1. The third-order valence-electron chi connectivity index (χ3n) is 5.61. The van der Waals surface area contributed by atoms with E-state index >= 15 is 0 Å². The summed E-state index contributed by atoms with van der Waals surface area (Å²) in [7, 11) is 0. The van der Waals surface area contributed by atoms with Gasteiger partial charge in [0, 0.05) is 6.42 Å². The first kappa shape index (κ1) is 23.2. The van der Waals surface area contributed by atoms with Gasteiger partial charge in [-0.3, -0.25) is 0 Å². The highest BCUT2D eigenvalue weighted by molar-refractivity contribution is 5.87. The van der Waals surface area contributed by atoms with Gasteiger partial charge in [0.1, 0.15) is 18.9 Å². The summed E-state index contributed by atoms with van der Waals surface area (Å²) in [6, 6.07) is 7.24. The quantitative estimate of drug-likeness (QED) is 0.295. The van der Waals surface area contributed by atoms with Crippen molar-refractivity contribution in [3.8, 4) is 0 Å². The van der Waals surface area contributed by atoms with Crippen molar-refractivity contribution in [3.05, 3.63) is 53.6 Å². The minimum atomic E-state index is -0.871. The molecule has 2 rings (SSSR count). The van der Waals surface area contributed by atoms with Crippen molar-refractivity contribution in [2.75, 3.05) is 0 Å². The molecule has 0 aliphatic heterocycles. The van der Waals surface area contributed by atoms with Gasteiger partial charge in [0.2, 0.25) is 0 Å². The summed E-state index contributed by atoms with van der Waals surface area (Å²) in [5.74, 6) is 0.515. The zero-order valence-corrected chi connectivity index (χ0v) is 18.4. The monoisotopic (exact) mass is 399 g/mol. The largest absolute Gasteiger partial charge is 0.478 e. The van der Waals surface area contributed by atoms with Gasteiger partial charge in [-0.1, -0.05) is 77.3 Å². The van der Waals surface area contributed by atoms with Crippen LogP contribution in [0.3, 0.4) is 0 Å². The summed E-state index contributed by atoms with van der Waals surface area (Å²) in [6.07, 6.45) is 18.7. The van der Waals surface area contributed by atoms with E-state index in [2.05, 4.69) is 35.4 Å². The Hall–Kier alpha value is -2.10. The Morgan fingerprint density at radius 1 is 0.897 bits per heavy atom. The van der Waals surface area contributed by atoms with Crippen LogP contribution < -0.4 is 4.57 Å². The summed E-state index contributed by atoms with van der Waals surface area (Å²) in [5.41, 5.74) is 1.49. The second-order valence-corrected chi connectivity index (χ2v) is 8.12. The van der Waals surface area contributed by atoms with Crippen molar-refractivity contribution in [2.24, 2.45) is 0 Å². The average Bonchev–Trinajstić information content (AvgIpc) is 3.08. The van der Waals surface area contributed by atoms with E-state index in [-0.39, 0.29) is 0 Å². The van der Waals surface area contributed by atoms with E-state index in [0.29, 0.717) is 5.56 Å². The molecule has 4 heteroatoms. The Kier molecular flexibility index (Phi) is 10.5. The lowest BCUT2D eigenvalue weighted by Gasteiger charge is -2.06. The number of imidazole rings is 1. The van der Waals surface area contributed by atoms with Crippen molar-refractivity contribution < 1.29 is 14.5 Å². The Balaban J connectivity index is 1.86. The van der Waals surface area contributed by atoms with Crippen LogP contribution in [0.1, 0.15) is 99.8 Å². The molecule has 0 bridgehead atoms. The van der Waals surface area contributed by atoms with E-state index in [0.717, 1.165) is 31.5 Å². The van der Waals surface area contributed by atoms with Crippen molar-refractivity contribution in [1.82, 2.24) is 4.57 Å². The molecule has 0 fully saturated rings. The summed E-state index contributed by atoms with van der Waals surface area (Å²) < 4.78 is 4.71. The van der Waals surface area contributed by atoms with Crippen LogP contribution in [0.4, 0.5) is 0 Å². The molecule has 4 nitrogen and oxygen atoms in total. The average molecular weight is 400 g/mol. The van der Waals surface area contributed by atoms with Crippen molar-refractivity contribution in [2.45, 2.75) is 97.6 Å². The number of aromatic nitrogens is 2. The molecule has 0 aliphatic rings. The van der Waals surface area contributed by atoms with Crippen LogP contribution in [0.2, 0.25) is 0 Å². The maximum atomic E-state index is 11.1. The van der Waals surface area contributed by atoms with Gasteiger partial charge in [0.25, 0.3) is 5.82 Å². The molecule has 1 heterocycles. The molecule has 0 saturated heterocycles. The molecular formula is C25H39N2O2+. The number of aryl methyl sites for hydroxylation is 1. The lowest BCUT2D eigenvalue weighted by Crippen LogP contribution is -2.38. The lowest BCUT2D eigenvalue weighted by molar-refractivity contribution is -0.695. The van der Waals surface area contributed by atoms with Crippen LogP contribution >= 0.6 is 0 Å². The van der Waals surface area contributed by atoms with Gasteiger partial charge in [-0.25, -0.2) is 13.9 Å². The Morgan fingerprint density at radius 2 is 1.52 bits per heavy atom. The number of carboxylic acid groups (broad SMARTS) is 1. The number of aromatic carboxylic acids is 1. The molecule has 1 aromatic carbocycles. The number of benzene rings is 1. The Labute approximate surface area is 176 Å². The van der Waals surface area contributed by atoms with Gasteiger partial charge in [-0.05, 0) is 30.5 Å². The van der Waals surface area contributed by atoms with Crippen LogP contribution in [-0.2, 0) is 19.5 Å². The van der Waals surface area contributed by atoms with Crippen LogP contribution in [0.15, 0.2) is 36.7 Å². The fraction of sp³-hybridized carbons (Fsp3) is 0.600. The first-order valence-corrected chi connectivity index (χ1v) is 11.5. The molecule has 0 aliphatic carbocycles. The fourth-order valence-electron chi connectivity index (χ4n) is 3.92. The van der Waals surface area contributed by atoms with Gasteiger partial charge in [-0.2, -0.15) is 0 Å². The molecule has 0 unspecified atom stereocenters. The maximum absolute atomic E-state index is 11.1. The van der Waals surface area contributed by atoms with E-state index in [1.807, 2.05) is 12.1 Å². The summed E-state index contributed by atoms with van der Waals surface area (Å²) >= 11 is 0. The number of carbonyl (C=O) groups is 1. The van der Waals surface area contributed by atoms with E-state index in [1.165, 1.54) is 63.6 Å². The number of nitrogens with zero attached hydrogens (tertiary/aromatic N) is 2. The number of rotatable bonds is 15. The van der Waals surface area contributed by atoms with Gasteiger partial charge in [-0.15, -0.1) is 0 Å². The number of hydrogen-bond donors (Lipinski definition) is 1. The van der Waals surface area contributed by atoms with E-state index in [1.54, 1.807) is 12.1 Å². The first-order chi connectivity index (χ1) is 14.2. The number of hydrogen-bond acceptors (Lipinski definition) is 1. The first-order valence-electron chi connectivity index (χ1n) is 11.5. The van der Waals surface area contributed by atoms with Gasteiger partial charge in [0.05, 0.1) is 12.1 Å². The van der Waals surface area contributed by atoms with E-state index < -0.39 is 5.97 Å². The Morgan fingerprint density at radius 3 is 2.10 bits per heavy atom. The van der Waals surface area contributed by atoms with Gasteiger partial charge in [0.15, 0.2) is 0 Å². The number of unbranched alkanes of at least 4 members (excludes halogenated alkanes) is 8. The molecule has 0 atom stereocenters. The maximum Gasteiger partial charge on any atom is 0.335 e. The summed E-state index contributed by atoms with van der Waals surface area (Å²) in [4.78, 5) is 11.1. The third kappa shape index (κ3) is 8.04. The third-order valence-corrected chi connectivity index (χ3v) is 5.61. The van der Waals surface area contributed by atoms with Crippen molar-refractivity contribution >= 4 is 5.97 Å². The summed E-state index contributed by atoms with van der Waals surface area (Å²) in [6.45, 7) is 6.34. The highest BCUT2D eigenvalue weighted by Gasteiger charge is 2.16. The van der Waals surface area contributed by atoms with Gasteiger partial charge < -0.3 is 5.11 Å². The van der Waals surface area contributed by atoms with Crippen LogP contribution in [-0.4, -0.2) is 15.6 Å². The molecule has 1 aromatic heterocycles. The zero-order valence-electron chi connectivity index (χ0n) is 18.4. The second-order valence-electron chi connectivity index (χ2n) is 8.12. The smallest absolute Gasteiger partial charge is 0.335 e. The molecule has 2 aromatic rings.